The van der Waals surface area contributed by atoms with Gasteiger partial charge in [-0.2, -0.15) is 13.2 Å². The molecule has 1 aromatic carbocycles. The standard InChI is InChI=1S/C12H15F3OSi/c1-9(16-17(2,3)4)10-6-5-7-11(8-10)12(13,14)15/h5-8H,1H2,2-4H3. The van der Waals surface area contributed by atoms with E-state index in [0.29, 0.717) is 11.3 Å². The fourth-order valence-corrected chi connectivity index (χ4v) is 2.15. The maximum Gasteiger partial charge on any atom is 0.416 e. The van der Waals surface area contributed by atoms with Crippen molar-refractivity contribution in [2.45, 2.75) is 25.8 Å². The summed E-state index contributed by atoms with van der Waals surface area (Å²) in [7, 11) is -1.85. The predicted molar refractivity (Wildman–Crippen MR) is 64.9 cm³/mol. The largest absolute Gasteiger partial charge is 0.544 e. The molecule has 0 aromatic heterocycles. The Labute approximate surface area is 100 Å². The number of benzene rings is 1. The van der Waals surface area contributed by atoms with Crippen LogP contribution in [-0.4, -0.2) is 8.32 Å². The molecule has 0 bridgehead atoms. The number of halogens is 3. The second kappa shape index (κ2) is 4.56. The molecule has 0 amide bonds. The molecule has 1 rings (SSSR count). The number of rotatable bonds is 3. The van der Waals surface area contributed by atoms with Crippen LogP contribution in [0.15, 0.2) is 30.8 Å². The number of hydrogen-bond acceptors (Lipinski definition) is 1. The molecule has 5 heteroatoms. The topological polar surface area (TPSA) is 9.23 Å². The average molecular weight is 260 g/mol. The fraction of sp³-hybridized carbons (Fsp3) is 0.333. The molecule has 0 spiro atoms. The summed E-state index contributed by atoms with van der Waals surface area (Å²) in [5, 5.41) is 0. The first kappa shape index (κ1) is 13.8. The Morgan fingerprint density at radius 1 is 1.24 bits per heavy atom. The van der Waals surface area contributed by atoms with E-state index in [4.69, 9.17) is 4.43 Å². The molecule has 0 unspecified atom stereocenters. The van der Waals surface area contributed by atoms with Crippen molar-refractivity contribution in [3.63, 3.8) is 0 Å². The van der Waals surface area contributed by atoms with E-state index in [1.165, 1.54) is 6.07 Å². The Hall–Kier alpha value is -1.23. The molecule has 0 saturated carbocycles. The summed E-state index contributed by atoms with van der Waals surface area (Å²) >= 11 is 0. The molecule has 17 heavy (non-hydrogen) atoms. The van der Waals surface area contributed by atoms with E-state index in [2.05, 4.69) is 6.58 Å². The Morgan fingerprint density at radius 3 is 2.29 bits per heavy atom. The maximum atomic E-state index is 12.5. The molecule has 94 valence electrons. The van der Waals surface area contributed by atoms with Crippen LogP contribution in [-0.2, 0) is 10.6 Å². The van der Waals surface area contributed by atoms with Crippen molar-refractivity contribution in [3.05, 3.63) is 42.0 Å². The lowest BCUT2D eigenvalue weighted by Crippen LogP contribution is -2.24. The van der Waals surface area contributed by atoms with Gasteiger partial charge in [0.05, 0.1) is 5.56 Å². The van der Waals surface area contributed by atoms with E-state index in [1.54, 1.807) is 6.07 Å². The second-order valence-electron chi connectivity index (χ2n) is 4.72. The van der Waals surface area contributed by atoms with Gasteiger partial charge in [-0.3, -0.25) is 0 Å². The third-order valence-electron chi connectivity index (χ3n) is 1.94. The van der Waals surface area contributed by atoms with Crippen LogP contribution in [0.3, 0.4) is 0 Å². The van der Waals surface area contributed by atoms with Gasteiger partial charge in [0.1, 0.15) is 5.76 Å². The van der Waals surface area contributed by atoms with Gasteiger partial charge < -0.3 is 4.43 Å². The maximum absolute atomic E-state index is 12.5. The van der Waals surface area contributed by atoms with Gasteiger partial charge >= 0.3 is 6.18 Å². The smallest absolute Gasteiger partial charge is 0.416 e. The molecule has 0 fully saturated rings. The van der Waals surface area contributed by atoms with Gasteiger partial charge in [-0.15, -0.1) is 0 Å². The zero-order valence-corrected chi connectivity index (χ0v) is 11.1. The third-order valence-corrected chi connectivity index (χ3v) is 2.80. The van der Waals surface area contributed by atoms with Crippen LogP contribution < -0.4 is 0 Å². The summed E-state index contributed by atoms with van der Waals surface area (Å²) in [6.07, 6.45) is -4.34. The monoisotopic (exact) mass is 260 g/mol. The molecule has 0 atom stereocenters. The summed E-state index contributed by atoms with van der Waals surface area (Å²) in [4.78, 5) is 0. The summed E-state index contributed by atoms with van der Waals surface area (Å²) in [6, 6.07) is 5.02. The van der Waals surface area contributed by atoms with E-state index in [-0.39, 0.29) is 0 Å². The zero-order valence-electron chi connectivity index (χ0n) is 10.1. The lowest BCUT2D eigenvalue weighted by atomic mass is 10.1. The van der Waals surface area contributed by atoms with E-state index < -0.39 is 20.1 Å². The first-order chi connectivity index (χ1) is 7.59. The van der Waals surface area contributed by atoms with Gasteiger partial charge in [-0.1, -0.05) is 18.7 Å². The van der Waals surface area contributed by atoms with Gasteiger partial charge in [0.15, 0.2) is 0 Å². The minimum Gasteiger partial charge on any atom is -0.544 e. The average Bonchev–Trinajstić information content (AvgIpc) is 2.14. The lowest BCUT2D eigenvalue weighted by molar-refractivity contribution is -0.137. The lowest BCUT2D eigenvalue weighted by Gasteiger charge is -2.21. The highest BCUT2D eigenvalue weighted by Crippen LogP contribution is 2.31. The molecular weight excluding hydrogens is 245 g/mol. The number of alkyl halides is 3. The van der Waals surface area contributed by atoms with Crippen LogP contribution in [0.5, 0.6) is 0 Å². The molecule has 0 aliphatic heterocycles. The molecule has 0 aliphatic rings. The van der Waals surface area contributed by atoms with Gasteiger partial charge in [-0.05, 0) is 31.8 Å². The Kier molecular flexibility index (Phi) is 3.71. The van der Waals surface area contributed by atoms with E-state index in [1.807, 2.05) is 19.6 Å². The first-order valence-corrected chi connectivity index (χ1v) is 8.56. The Balaban J connectivity index is 2.97. The highest BCUT2D eigenvalue weighted by Gasteiger charge is 2.30. The van der Waals surface area contributed by atoms with E-state index in [9.17, 15) is 13.2 Å². The van der Waals surface area contributed by atoms with Gasteiger partial charge in [0.2, 0.25) is 8.32 Å². The molecule has 1 aromatic rings. The highest BCUT2D eigenvalue weighted by molar-refractivity contribution is 6.70. The number of hydrogen-bond donors (Lipinski definition) is 0. The third kappa shape index (κ3) is 4.26. The van der Waals surface area contributed by atoms with Crippen LogP contribution in [0.25, 0.3) is 5.76 Å². The SMILES string of the molecule is C=C(O[Si](C)(C)C)c1cccc(C(F)(F)F)c1. The molecule has 0 aliphatic carbocycles. The van der Waals surface area contributed by atoms with Gasteiger partial charge in [0.25, 0.3) is 0 Å². The normalized spacial score (nSPS) is 12.4. The fourth-order valence-electron chi connectivity index (χ4n) is 1.30. The molecular formula is C12H15F3OSi. The van der Waals surface area contributed by atoms with E-state index >= 15 is 0 Å². The van der Waals surface area contributed by atoms with Crippen molar-refractivity contribution in [1.29, 1.82) is 0 Å². The summed E-state index contributed by atoms with van der Waals surface area (Å²) in [5.74, 6) is 0.301. The van der Waals surface area contributed by atoms with Crippen LogP contribution in [0.4, 0.5) is 13.2 Å². The van der Waals surface area contributed by atoms with Gasteiger partial charge in [-0.25, -0.2) is 0 Å². The van der Waals surface area contributed by atoms with Crippen molar-refractivity contribution < 1.29 is 17.6 Å². The van der Waals surface area contributed by atoms with Crippen molar-refractivity contribution in [2.75, 3.05) is 0 Å². The summed E-state index contributed by atoms with van der Waals surface area (Å²) in [5.41, 5.74) is -0.308. The van der Waals surface area contributed by atoms with Crippen molar-refractivity contribution in [2.24, 2.45) is 0 Å². The van der Waals surface area contributed by atoms with Crippen LogP contribution >= 0.6 is 0 Å². The summed E-state index contributed by atoms with van der Waals surface area (Å²) in [6.45, 7) is 9.53. The van der Waals surface area contributed by atoms with Crippen molar-refractivity contribution >= 4 is 14.1 Å². The molecule has 0 saturated heterocycles. The molecule has 1 nitrogen and oxygen atoms in total. The minimum absolute atomic E-state index is 0.301. The van der Waals surface area contributed by atoms with Crippen molar-refractivity contribution in [3.8, 4) is 0 Å². The predicted octanol–water partition coefficient (Wildman–Crippen LogP) is 4.53. The second-order valence-corrected chi connectivity index (χ2v) is 9.15. The quantitative estimate of drug-likeness (QED) is 0.573. The van der Waals surface area contributed by atoms with E-state index in [0.717, 1.165) is 12.1 Å². The zero-order chi connectivity index (χ0) is 13.3. The Morgan fingerprint density at radius 2 is 1.82 bits per heavy atom. The molecule has 0 radical (unpaired) electrons. The first-order valence-electron chi connectivity index (χ1n) is 5.15. The summed E-state index contributed by atoms with van der Waals surface area (Å²) < 4.78 is 43.1. The van der Waals surface area contributed by atoms with Crippen LogP contribution in [0.1, 0.15) is 11.1 Å². The molecule has 0 heterocycles. The Bertz CT molecular complexity index is 418. The van der Waals surface area contributed by atoms with Crippen LogP contribution in [0, 0.1) is 0 Å². The van der Waals surface area contributed by atoms with Crippen molar-refractivity contribution in [1.82, 2.24) is 0 Å². The van der Waals surface area contributed by atoms with Crippen LogP contribution in [0.2, 0.25) is 19.6 Å². The van der Waals surface area contributed by atoms with Gasteiger partial charge in [0, 0.05) is 5.56 Å². The highest BCUT2D eigenvalue weighted by atomic mass is 28.4. The molecule has 0 N–H and O–H groups in total. The minimum atomic E-state index is -4.34.